The quantitative estimate of drug-likeness (QED) is 0.515. The molecule has 2 N–H and O–H groups in total. The molecule has 7 nitrogen and oxygen atoms in total. The lowest BCUT2D eigenvalue weighted by Gasteiger charge is -2.32. The summed E-state index contributed by atoms with van der Waals surface area (Å²) in [6.45, 7) is 7.78. The molecule has 0 aliphatic carbocycles. The minimum atomic E-state index is -3.78. The smallest absolute Gasteiger partial charge is 0.261 e. The van der Waals surface area contributed by atoms with Crippen molar-refractivity contribution in [3.8, 4) is 0 Å². The molecule has 0 bridgehead atoms. The molecule has 1 atom stereocenters. The van der Waals surface area contributed by atoms with E-state index in [-0.39, 0.29) is 22.6 Å². The molecule has 2 aromatic carbocycles. The Kier molecular flexibility index (Phi) is 8.72. The standard InChI is InChI=1S/C26H35N3O4S/c1-4-5-15-27-25(30)22-9-7-16-29(18-22)26(31)21-8-6-10-23(17-21)28-34(32,33)24-13-11-20(12-14-24)19(2)3/h6,8,10-14,17,19,22,28H,4-5,7,9,15-16,18H2,1-3H3,(H,27,30). The van der Waals surface area contributed by atoms with Crippen molar-refractivity contribution in [2.75, 3.05) is 24.4 Å². The zero-order valence-corrected chi connectivity index (χ0v) is 21.0. The first kappa shape index (κ1) is 25.7. The molecule has 0 aromatic heterocycles. The van der Waals surface area contributed by atoms with Crippen LogP contribution >= 0.6 is 0 Å². The van der Waals surface area contributed by atoms with Crippen molar-refractivity contribution in [2.24, 2.45) is 5.92 Å². The molecule has 3 rings (SSSR count). The summed E-state index contributed by atoms with van der Waals surface area (Å²) in [4.78, 5) is 27.4. The van der Waals surface area contributed by atoms with Crippen molar-refractivity contribution in [3.63, 3.8) is 0 Å². The number of hydrogen-bond donors (Lipinski definition) is 2. The number of rotatable bonds is 9. The molecule has 8 heteroatoms. The first-order valence-electron chi connectivity index (χ1n) is 12.0. The van der Waals surface area contributed by atoms with E-state index in [4.69, 9.17) is 0 Å². The van der Waals surface area contributed by atoms with Crippen molar-refractivity contribution in [1.29, 1.82) is 0 Å². The van der Waals surface area contributed by atoms with Crippen molar-refractivity contribution < 1.29 is 18.0 Å². The second-order valence-electron chi connectivity index (χ2n) is 9.14. The van der Waals surface area contributed by atoms with Crippen LogP contribution in [0.15, 0.2) is 53.4 Å². The number of carbonyl (C=O) groups is 2. The fraction of sp³-hybridized carbons (Fsp3) is 0.462. The third kappa shape index (κ3) is 6.59. The van der Waals surface area contributed by atoms with E-state index in [1.807, 2.05) is 26.0 Å². The molecule has 184 valence electrons. The zero-order valence-electron chi connectivity index (χ0n) is 20.2. The summed E-state index contributed by atoms with van der Waals surface area (Å²) < 4.78 is 28.3. The third-order valence-electron chi connectivity index (χ3n) is 6.13. The van der Waals surface area contributed by atoms with E-state index in [1.54, 1.807) is 41.3 Å². The van der Waals surface area contributed by atoms with Crippen molar-refractivity contribution in [1.82, 2.24) is 10.2 Å². The average molecular weight is 486 g/mol. The molecular formula is C26H35N3O4S. The number of carbonyl (C=O) groups excluding carboxylic acids is 2. The predicted octanol–water partition coefficient (Wildman–Crippen LogP) is 4.38. The fourth-order valence-electron chi connectivity index (χ4n) is 4.05. The predicted molar refractivity (Wildman–Crippen MR) is 134 cm³/mol. The molecule has 2 aromatic rings. The van der Waals surface area contributed by atoms with Crippen LogP contribution in [0.5, 0.6) is 0 Å². The monoisotopic (exact) mass is 485 g/mol. The topological polar surface area (TPSA) is 95.6 Å². The number of benzene rings is 2. The molecule has 34 heavy (non-hydrogen) atoms. The Hall–Kier alpha value is -2.87. The third-order valence-corrected chi connectivity index (χ3v) is 7.52. The average Bonchev–Trinajstić information content (AvgIpc) is 2.83. The van der Waals surface area contributed by atoms with Gasteiger partial charge in [-0.1, -0.05) is 45.4 Å². The van der Waals surface area contributed by atoms with Gasteiger partial charge in [-0.2, -0.15) is 0 Å². The second-order valence-corrected chi connectivity index (χ2v) is 10.8. The van der Waals surface area contributed by atoms with Gasteiger partial charge in [-0.3, -0.25) is 14.3 Å². The molecule has 1 aliphatic rings. The van der Waals surface area contributed by atoms with Gasteiger partial charge in [0.2, 0.25) is 5.91 Å². The number of anilines is 1. The van der Waals surface area contributed by atoms with Crippen LogP contribution in [-0.2, 0) is 14.8 Å². The molecule has 0 radical (unpaired) electrons. The summed E-state index contributed by atoms with van der Waals surface area (Å²) >= 11 is 0. The highest BCUT2D eigenvalue weighted by Gasteiger charge is 2.29. The first-order valence-corrected chi connectivity index (χ1v) is 13.5. The Morgan fingerprint density at radius 1 is 1.12 bits per heavy atom. The number of nitrogens with zero attached hydrogens (tertiary/aromatic N) is 1. The van der Waals surface area contributed by atoms with E-state index in [1.165, 1.54) is 0 Å². The van der Waals surface area contributed by atoms with Crippen molar-refractivity contribution in [2.45, 2.75) is 57.3 Å². The highest BCUT2D eigenvalue weighted by molar-refractivity contribution is 7.92. The van der Waals surface area contributed by atoms with Gasteiger partial charge in [0.1, 0.15) is 0 Å². The van der Waals surface area contributed by atoms with E-state index in [0.717, 1.165) is 31.2 Å². The lowest BCUT2D eigenvalue weighted by atomic mass is 9.96. The van der Waals surface area contributed by atoms with Gasteiger partial charge in [-0.15, -0.1) is 0 Å². The maximum Gasteiger partial charge on any atom is 0.261 e. The highest BCUT2D eigenvalue weighted by atomic mass is 32.2. The number of likely N-dealkylation sites (tertiary alicyclic amines) is 1. The van der Waals surface area contributed by atoms with Crippen LogP contribution in [0.2, 0.25) is 0 Å². The number of hydrogen-bond acceptors (Lipinski definition) is 4. The second kappa shape index (κ2) is 11.5. The van der Waals surface area contributed by atoms with Crippen LogP contribution in [0, 0.1) is 5.92 Å². The molecular weight excluding hydrogens is 450 g/mol. The molecule has 1 fully saturated rings. The number of piperidine rings is 1. The van der Waals surface area contributed by atoms with Crippen LogP contribution in [0.1, 0.15) is 68.3 Å². The maximum atomic E-state index is 13.1. The lowest BCUT2D eigenvalue weighted by Crippen LogP contribution is -2.45. The van der Waals surface area contributed by atoms with Gasteiger partial charge in [0.25, 0.3) is 15.9 Å². The van der Waals surface area contributed by atoms with E-state index in [9.17, 15) is 18.0 Å². The summed E-state index contributed by atoms with van der Waals surface area (Å²) in [6.07, 6.45) is 3.47. The maximum absolute atomic E-state index is 13.1. The van der Waals surface area contributed by atoms with Gasteiger partial charge in [-0.25, -0.2) is 8.42 Å². The van der Waals surface area contributed by atoms with Gasteiger partial charge >= 0.3 is 0 Å². The Balaban J connectivity index is 1.68. The van der Waals surface area contributed by atoms with Crippen LogP contribution in [0.25, 0.3) is 0 Å². The lowest BCUT2D eigenvalue weighted by molar-refractivity contribution is -0.126. The zero-order chi connectivity index (χ0) is 24.7. The van der Waals surface area contributed by atoms with Gasteiger partial charge in [0.15, 0.2) is 0 Å². The summed E-state index contributed by atoms with van der Waals surface area (Å²) in [5, 5.41) is 2.96. The Morgan fingerprint density at radius 2 is 1.85 bits per heavy atom. The normalized spacial score (nSPS) is 16.4. The molecule has 1 aliphatic heterocycles. The largest absolute Gasteiger partial charge is 0.356 e. The molecule has 1 unspecified atom stereocenters. The Bertz CT molecular complexity index is 1100. The van der Waals surface area contributed by atoms with Crippen LogP contribution in [0.3, 0.4) is 0 Å². The van der Waals surface area contributed by atoms with Gasteiger partial charge in [0.05, 0.1) is 10.8 Å². The molecule has 0 saturated carbocycles. The fourth-order valence-corrected chi connectivity index (χ4v) is 5.10. The minimum Gasteiger partial charge on any atom is -0.356 e. The highest BCUT2D eigenvalue weighted by Crippen LogP contribution is 2.23. The van der Waals surface area contributed by atoms with E-state index in [2.05, 4.69) is 17.0 Å². The van der Waals surface area contributed by atoms with Crippen molar-refractivity contribution >= 4 is 27.5 Å². The van der Waals surface area contributed by atoms with E-state index < -0.39 is 10.0 Å². The van der Waals surface area contributed by atoms with Gasteiger partial charge < -0.3 is 10.2 Å². The number of unbranched alkanes of at least 4 members (excludes halogenated alkanes) is 1. The Labute approximate surface area is 203 Å². The minimum absolute atomic E-state index is 0.00375. The van der Waals surface area contributed by atoms with Crippen molar-refractivity contribution in [3.05, 3.63) is 59.7 Å². The molecule has 1 saturated heterocycles. The Morgan fingerprint density at radius 3 is 2.53 bits per heavy atom. The molecule has 0 spiro atoms. The number of sulfonamides is 1. The van der Waals surface area contributed by atoms with E-state index in [0.29, 0.717) is 36.8 Å². The SMILES string of the molecule is CCCCNC(=O)C1CCCN(C(=O)c2cccc(NS(=O)(=O)c3ccc(C(C)C)cc3)c2)C1. The summed E-state index contributed by atoms with van der Waals surface area (Å²) in [5.74, 6) is -0.112. The summed E-state index contributed by atoms with van der Waals surface area (Å²) in [6, 6.07) is 13.3. The molecule has 2 amide bonds. The van der Waals surface area contributed by atoms with Crippen LogP contribution in [0.4, 0.5) is 5.69 Å². The van der Waals surface area contributed by atoms with Crippen LogP contribution in [-0.4, -0.2) is 44.8 Å². The number of amides is 2. The first-order chi connectivity index (χ1) is 16.2. The van der Waals surface area contributed by atoms with E-state index >= 15 is 0 Å². The summed E-state index contributed by atoms with van der Waals surface area (Å²) in [5.41, 5.74) is 1.78. The molecule has 1 heterocycles. The van der Waals surface area contributed by atoms with Gasteiger partial charge in [-0.05, 0) is 61.1 Å². The number of nitrogens with one attached hydrogen (secondary N) is 2. The van der Waals surface area contributed by atoms with Gasteiger partial charge in [0, 0.05) is 30.9 Å². The van der Waals surface area contributed by atoms with Crippen LogP contribution < -0.4 is 10.0 Å². The summed E-state index contributed by atoms with van der Waals surface area (Å²) in [7, 11) is -3.78.